The van der Waals surface area contributed by atoms with Crippen LogP contribution in [0.3, 0.4) is 0 Å². The van der Waals surface area contributed by atoms with Crippen molar-refractivity contribution in [3.05, 3.63) is 22.7 Å². The van der Waals surface area contributed by atoms with Crippen LogP contribution in [0.2, 0.25) is 0 Å². The van der Waals surface area contributed by atoms with E-state index in [0.29, 0.717) is 5.69 Å². The van der Waals surface area contributed by atoms with Gasteiger partial charge in [-0.3, -0.25) is 4.79 Å². The molecule has 1 aromatic carbocycles. The highest BCUT2D eigenvalue weighted by Gasteiger charge is 2.26. The molecule has 0 bridgehead atoms. The van der Waals surface area contributed by atoms with Crippen molar-refractivity contribution in [1.29, 1.82) is 0 Å². The van der Waals surface area contributed by atoms with Crippen molar-refractivity contribution in [3.63, 3.8) is 0 Å². The average molecular weight is 297 g/mol. The van der Waals surface area contributed by atoms with Gasteiger partial charge in [-0.2, -0.15) is 0 Å². The zero-order valence-corrected chi connectivity index (χ0v) is 11.5. The van der Waals surface area contributed by atoms with E-state index in [-0.39, 0.29) is 11.8 Å². The van der Waals surface area contributed by atoms with Crippen LogP contribution in [-0.4, -0.2) is 13.0 Å². The predicted octanol–water partition coefficient (Wildman–Crippen LogP) is 3.18. The van der Waals surface area contributed by atoms with Gasteiger partial charge in [0.25, 0.3) is 0 Å². The number of carbonyl (C=O) groups excluding carboxylic acids is 1. The maximum absolute atomic E-state index is 12.2. The van der Waals surface area contributed by atoms with Gasteiger partial charge in [0.15, 0.2) is 0 Å². The van der Waals surface area contributed by atoms with Gasteiger partial charge in [-0.15, -0.1) is 0 Å². The molecule has 0 aliphatic heterocycles. The summed E-state index contributed by atoms with van der Waals surface area (Å²) in [5.74, 6) is 0.375. The molecule has 1 aliphatic rings. The third-order valence-corrected chi connectivity index (χ3v) is 3.88. The molecule has 2 rings (SSSR count). The van der Waals surface area contributed by atoms with Gasteiger partial charge in [-0.05, 0) is 31.0 Å². The molecular weight excluding hydrogens is 280 g/mol. The number of halogens is 1. The summed E-state index contributed by atoms with van der Waals surface area (Å²) in [6.45, 7) is 0. The quantitative estimate of drug-likeness (QED) is 0.852. The minimum atomic E-state index is 0.183. The van der Waals surface area contributed by atoms with E-state index in [9.17, 15) is 4.79 Å². The molecule has 1 saturated carbocycles. The van der Waals surface area contributed by atoms with Gasteiger partial charge in [0.2, 0.25) is 5.91 Å². The largest absolute Gasteiger partial charge is 0.397 e. The number of benzene rings is 1. The Morgan fingerprint density at radius 3 is 2.65 bits per heavy atom. The standard InChI is InChI=1S/C13H17BrN2O/c1-16(13(17)9-4-2-3-5-9)12-7-6-10(14)8-11(12)15/h6-9H,2-5,15H2,1H3. The van der Waals surface area contributed by atoms with Gasteiger partial charge in [0, 0.05) is 17.4 Å². The van der Waals surface area contributed by atoms with Crippen LogP contribution in [-0.2, 0) is 4.79 Å². The first-order valence-corrected chi connectivity index (χ1v) is 6.71. The molecule has 0 aromatic heterocycles. The van der Waals surface area contributed by atoms with E-state index >= 15 is 0 Å². The number of rotatable bonds is 2. The highest BCUT2D eigenvalue weighted by Crippen LogP contribution is 2.31. The Bertz CT molecular complexity index is 427. The van der Waals surface area contributed by atoms with E-state index < -0.39 is 0 Å². The van der Waals surface area contributed by atoms with Gasteiger partial charge in [-0.1, -0.05) is 28.8 Å². The summed E-state index contributed by atoms with van der Waals surface area (Å²) in [7, 11) is 1.81. The topological polar surface area (TPSA) is 46.3 Å². The molecule has 0 radical (unpaired) electrons. The summed E-state index contributed by atoms with van der Waals surface area (Å²) in [4.78, 5) is 13.9. The van der Waals surface area contributed by atoms with Crippen molar-refractivity contribution in [2.75, 3.05) is 17.7 Å². The molecule has 1 fully saturated rings. The molecule has 0 atom stereocenters. The van der Waals surface area contributed by atoms with Gasteiger partial charge in [-0.25, -0.2) is 0 Å². The summed E-state index contributed by atoms with van der Waals surface area (Å²) in [5.41, 5.74) is 7.36. The molecule has 4 heteroatoms. The Hall–Kier alpha value is -1.03. The number of carbonyl (C=O) groups is 1. The lowest BCUT2D eigenvalue weighted by molar-refractivity contribution is -0.121. The van der Waals surface area contributed by atoms with Crippen molar-refractivity contribution < 1.29 is 4.79 Å². The van der Waals surface area contributed by atoms with Gasteiger partial charge >= 0.3 is 0 Å². The molecule has 0 heterocycles. The number of amides is 1. The van der Waals surface area contributed by atoms with Crippen molar-refractivity contribution in [1.82, 2.24) is 0 Å². The van der Waals surface area contributed by atoms with Crippen LogP contribution in [0.15, 0.2) is 22.7 Å². The Labute approximate surface area is 110 Å². The van der Waals surface area contributed by atoms with Gasteiger partial charge in [0.05, 0.1) is 11.4 Å². The monoisotopic (exact) mass is 296 g/mol. The maximum atomic E-state index is 12.2. The van der Waals surface area contributed by atoms with Crippen LogP contribution in [0, 0.1) is 5.92 Å². The highest BCUT2D eigenvalue weighted by molar-refractivity contribution is 9.10. The molecule has 17 heavy (non-hydrogen) atoms. The van der Waals surface area contributed by atoms with Crippen molar-refractivity contribution in [3.8, 4) is 0 Å². The molecule has 1 aliphatic carbocycles. The average Bonchev–Trinajstić information content (AvgIpc) is 2.80. The fraction of sp³-hybridized carbons (Fsp3) is 0.462. The number of hydrogen-bond donors (Lipinski definition) is 1. The lowest BCUT2D eigenvalue weighted by Gasteiger charge is -2.22. The zero-order chi connectivity index (χ0) is 12.4. The molecule has 0 spiro atoms. The predicted molar refractivity (Wildman–Crippen MR) is 73.9 cm³/mol. The van der Waals surface area contributed by atoms with Gasteiger partial charge < -0.3 is 10.6 Å². The Balaban J connectivity index is 2.18. The smallest absolute Gasteiger partial charge is 0.229 e. The lowest BCUT2D eigenvalue weighted by atomic mass is 10.1. The molecular formula is C13H17BrN2O. The SMILES string of the molecule is CN(C(=O)C1CCCC1)c1ccc(Br)cc1N. The first kappa shape index (κ1) is 12.4. The number of anilines is 2. The first-order valence-electron chi connectivity index (χ1n) is 5.92. The number of hydrogen-bond acceptors (Lipinski definition) is 2. The molecule has 3 nitrogen and oxygen atoms in total. The number of nitrogens with zero attached hydrogens (tertiary/aromatic N) is 1. The molecule has 0 saturated heterocycles. The Morgan fingerprint density at radius 1 is 1.41 bits per heavy atom. The molecule has 0 unspecified atom stereocenters. The molecule has 1 amide bonds. The fourth-order valence-electron chi connectivity index (χ4n) is 2.40. The summed E-state index contributed by atoms with van der Waals surface area (Å²) in [6.07, 6.45) is 4.36. The fourth-order valence-corrected chi connectivity index (χ4v) is 2.77. The van der Waals surface area contributed by atoms with E-state index in [2.05, 4.69) is 15.9 Å². The third-order valence-electron chi connectivity index (χ3n) is 3.39. The molecule has 2 N–H and O–H groups in total. The Morgan fingerprint density at radius 2 is 2.06 bits per heavy atom. The van der Waals surface area contributed by atoms with E-state index in [1.54, 1.807) is 11.9 Å². The first-order chi connectivity index (χ1) is 8.09. The highest BCUT2D eigenvalue weighted by atomic mass is 79.9. The van der Waals surface area contributed by atoms with E-state index in [1.165, 1.54) is 12.8 Å². The van der Waals surface area contributed by atoms with Crippen LogP contribution in [0.4, 0.5) is 11.4 Å². The van der Waals surface area contributed by atoms with E-state index in [1.807, 2.05) is 18.2 Å². The van der Waals surface area contributed by atoms with Crippen molar-refractivity contribution in [2.24, 2.45) is 5.92 Å². The minimum Gasteiger partial charge on any atom is -0.397 e. The summed E-state index contributed by atoms with van der Waals surface area (Å²) in [6, 6.07) is 5.62. The lowest BCUT2D eigenvalue weighted by Crippen LogP contribution is -2.32. The minimum absolute atomic E-state index is 0.183. The second-order valence-electron chi connectivity index (χ2n) is 4.58. The van der Waals surface area contributed by atoms with Crippen molar-refractivity contribution >= 4 is 33.2 Å². The van der Waals surface area contributed by atoms with E-state index in [4.69, 9.17) is 5.73 Å². The van der Waals surface area contributed by atoms with Crippen LogP contribution < -0.4 is 10.6 Å². The van der Waals surface area contributed by atoms with Crippen LogP contribution in [0.25, 0.3) is 0 Å². The van der Waals surface area contributed by atoms with Crippen LogP contribution in [0.5, 0.6) is 0 Å². The van der Waals surface area contributed by atoms with Gasteiger partial charge in [0.1, 0.15) is 0 Å². The maximum Gasteiger partial charge on any atom is 0.229 e. The van der Waals surface area contributed by atoms with Crippen molar-refractivity contribution in [2.45, 2.75) is 25.7 Å². The summed E-state index contributed by atoms with van der Waals surface area (Å²) in [5, 5.41) is 0. The van der Waals surface area contributed by atoms with E-state index in [0.717, 1.165) is 23.0 Å². The molecule has 1 aromatic rings. The normalized spacial score (nSPS) is 16.1. The molecule has 92 valence electrons. The van der Waals surface area contributed by atoms with Crippen LogP contribution >= 0.6 is 15.9 Å². The number of nitrogen functional groups attached to an aromatic ring is 1. The Kier molecular flexibility index (Phi) is 3.72. The number of nitrogens with two attached hydrogens (primary N) is 1. The summed E-state index contributed by atoms with van der Waals surface area (Å²) < 4.78 is 0.931. The second kappa shape index (κ2) is 5.08. The van der Waals surface area contributed by atoms with Crippen LogP contribution in [0.1, 0.15) is 25.7 Å². The third kappa shape index (κ3) is 2.63. The zero-order valence-electron chi connectivity index (χ0n) is 9.95. The summed E-state index contributed by atoms with van der Waals surface area (Å²) >= 11 is 3.37. The second-order valence-corrected chi connectivity index (χ2v) is 5.50.